The predicted molar refractivity (Wildman–Crippen MR) is 72.5 cm³/mol. The number of amides is 1. The predicted octanol–water partition coefficient (Wildman–Crippen LogP) is 2.58. The summed E-state index contributed by atoms with van der Waals surface area (Å²) in [6.45, 7) is 0.469. The second-order valence-electron chi connectivity index (χ2n) is 4.58. The molecule has 0 bridgehead atoms. The Morgan fingerprint density at radius 3 is 2.55 bits per heavy atom. The Balaban J connectivity index is 1.82. The number of ether oxygens (including phenoxy) is 1. The smallest absolute Gasteiger partial charge is 0.416 e. The van der Waals surface area contributed by atoms with Gasteiger partial charge in [-0.2, -0.15) is 18.3 Å². The van der Waals surface area contributed by atoms with Crippen LogP contribution in [0.25, 0.3) is 0 Å². The van der Waals surface area contributed by atoms with Crippen molar-refractivity contribution in [3.8, 4) is 5.75 Å². The molecule has 22 heavy (non-hydrogen) atoms. The third-order valence-corrected chi connectivity index (χ3v) is 2.97. The van der Waals surface area contributed by atoms with Gasteiger partial charge in [0, 0.05) is 13.2 Å². The molecule has 1 aromatic carbocycles. The van der Waals surface area contributed by atoms with Gasteiger partial charge in [-0.25, -0.2) is 0 Å². The summed E-state index contributed by atoms with van der Waals surface area (Å²) >= 11 is 0. The molecule has 2 rings (SSSR count). The Labute approximate surface area is 124 Å². The summed E-state index contributed by atoms with van der Waals surface area (Å²) in [5.41, 5.74) is -0.302. The van der Waals surface area contributed by atoms with Crippen LogP contribution in [-0.4, -0.2) is 41.2 Å². The van der Waals surface area contributed by atoms with E-state index in [1.54, 1.807) is 7.05 Å². The molecule has 1 aromatic heterocycles. The minimum absolute atomic E-state index is 0.172. The van der Waals surface area contributed by atoms with Crippen LogP contribution in [-0.2, 0) is 6.18 Å². The minimum Gasteiger partial charge on any atom is -0.492 e. The average Bonchev–Trinajstić information content (AvgIpc) is 3.00. The molecule has 0 aliphatic carbocycles. The monoisotopic (exact) mass is 313 g/mol. The Kier molecular flexibility index (Phi) is 4.69. The average molecular weight is 313 g/mol. The lowest BCUT2D eigenvalue weighted by molar-refractivity contribution is -0.137. The summed E-state index contributed by atoms with van der Waals surface area (Å²) in [6, 6.07) is 4.41. The summed E-state index contributed by atoms with van der Waals surface area (Å²) in [4.78, 5) is 13.3. The number of alkyl halides is 3. The lowest BCUT2D eigenvalue weighted by atomic mass is 10.2. The number of H-pyrrole nitrogens is 1. The SMILES string of the molecule is CN(CCOc1ccc(C(F)(F)F)cc1)C(=O)c1cn[nH]c1. The third-order valence-electron chi connectivity index (χ3n) is 2.97. The first-order valence-corrected chi connectivity index (χ1v) is 6.42. The van der Waals surface area contributed by atoms with Crippen LogP contribution in [0.15, 0.2) is 36.7 Å². The second kappa shape index (κ2) is 6.50. The Bertz CT molecular complexity index is 609. The van der Waals surface area contributed by atoms with E-state index in [0.29, 0.717) is 17.9 Å². The van der Waals surface area contributed by atoms with Gasteiger partial charge in [0.25, 0.3) is 5.91 Å². The number of carbonyl (C=O) groups is 1. The molecule has 1 N–H and O–H groups in total. The van der Waals surface area contributed by atoms with Crippen LogP contribution in [0.5, 0.6) is 5.75 Å². The van der Waals surface area contributed by atoms with Gasteiger partial charge in [0.1, 0.15) is 12.4 Å². The fourth-order valence-corrected chi connectivity index (χ4v) is 1.73. The van der Waals surface area contributed by atoms with Crippen molar-refractivity contribution >= 4 is 5.91 Å². The standard InChI is InChI=1S/C14H14F3N3O2/c1-20(13(21)10-8-18-19-9-10)6-7-22-12-4-2-11(3-5-12)14(15,16)17/h2-5,8-9H,6-7H2,1H3,(H,18,19). The van der Waals surface area contributed by atoms with Crippen LogP contribution in [0.2, 0.25) is 0 Å². The highest BCUT2D eigenvalue weighted by molar-refractivity contribution is 5.93. The van der Waals surface area contributed by atoms with E-state index in [-0.39, 0.29) is 12.5 Å². The summed E-state index contributed by atoms with van der Waals surface area (Å²) in [7, 11) is 1.60. The zero-order valence-corrected chi connectivity index (χ0v) is 11.7. The molecule has 118 valence electrons. The molecule has 0 aliphatic rings. The van der Waals surface area contributed by atoms with Crippen molar-refractivity contribution in [3.63, 3.8) is 0 Å². The van der Waals surface area contributed by atoms with Crippen LogP contribution >= 0.6 is 0 Å². The molecule has 0 spiro atoms. The topological polar surface area (TPSA) is 58.2 Å². The molecule has 2 aromatic rings. The lowest BCUT2D eigenvalue weighted by Gasteiger charge is -2.16. The number of carbonyl (C=O) groups excluding carboxylic acids is 1. The van der Waals surface area contributed by atoms with E-state index in [0.717, 1.165) is 12.1 Å². The summed E-state index contributed by atoms with van der Waals surface area (Å²) in [5.74, 6) is 0.0990. The van der Waals surface area contributed by atoms with Crippen LogP contribution in [0.1, 0.15) is 15.9 Å². The molecule has 1 heterocycles. The normalized spacial score (nSPS) is 11.3. The van der Waals surface area contributed by atoms with Gasteiger partial charge in [0.05, 0.1) is 23.9 Å². The number of nitrogens with zero attached hydrogens (tertiary/aromatic N) is 2. The maximum atomic E-state index is 12.4. The van der Waals surface area contributed by atoms with Gasteiger partial charge in [0.15, 0.2) is 0 Å². The quantitative estimate of drug-likeness (QED) is 0.923. The van der Waals surface area contributed by atoms with Crippen molar-refractivity contribution in [1.29, 1.82) is 0 Å². The third kappa shape index (κ3) is 4.00. The molecule has 1 amide bonds. The number of rotatable bonds is 5. The van der Waals surface area contributed by atoms with Crippen LogP contribution in [0.3, 0.4) is 0 Å². The molecule has 5 nitrogen and oxygen atoms in total. The molecule has 0 atom stereocenters. The fourth-order valence-electron chi connectivity index (χ4n) is 1.73. The van der Waals surface area contributed by atoms with Crippen LogP contribution < -0.4 is 4.74 Å². The molecule has 0 saturated carbocycles. The fraction of sp³-hybridized carbons (Fsp3) is 0.286. The highest BCUT2D eigenvalue weighted by Crippen LogP contribution is 2.30. The number of halogens is 3. The van der Waals surface area contributed by atoms with E-state index in [2.05, 4.69) is 10.2 Å². The van der Waals surface area contributed by atoms with Gasteiger partial charge < -0.3 is 9.64 Å². The summed E-state index contributed by atoms with van der Waals surface area (Å²) < 4.78 is 42.6. The van der Waals surface area contributed by atoms with Crippen molar-refractivity contribution in [2.24, 2.45) is 0 Å². The van der Waals surface area contributed by atoms with Crippen LogP contribution in [0.4, 0.5) is 13.2 Å². The van der Waals surface area contributed by atoms with E-state index >= 15 is 0 Å². The Hall–Kier alpha value is -2.51. The van der Waals surface area contributed by atoms with E-state index in [4.69, 9.17) is 4.74 Å². The largest absolute Gasteiger partial charge is 0.492 e. The van der Waals surface area contributed by atoms with Crippen molar-refractivity contribution in [3.05, 3.63) is 47.8 Å². The first-order valence-electron chi connectivity index (χ1n) is 6.42. The minimum atomic E-state index is -4.37. The number of nitrogens with one attached hydrogen (secondary N) is 1. The van der Waals surface area contributed by atoms with Crippen LogP contribution in [0, 0.1) is 0 Å². The van der Waals surface area contributed by atoms with Crippen molar-refractivity contribution in [2.75, 3.05) is 20.2 Å². The van der Waals surface area contributed by atoms with E-state index in [9.17, 15) is 18.0 Å². The van der Waals surface area contributed by atoms with Crippen molar-refractivity contribution in [1.82, 2.24) is 15.1 Å². The van der Waals surface area contributed by atoms with E-state index in [1.165, 1.54) is 29.4 Å². The molecule has 0 fully saturated rings. The van der Waals surface area contributed by atoms with Gasteiger partial charge in [0.2, 0.25) is 0 Å². The Morgan fingerprint density at radius 2 is 2.00 bits per heavy atom. The number of benzene rings is 1. The van der Waals surface area contributed by atoms with E-state index < -0.39 is 11.7 Å². The Morgan fingerprint density at radius 1 is 1.32 bits per heavy atom. The van der Waals surface area contributed by atoms with Crippen molar-refractivity contribution in [2.45, 2.75) is 6.18 Å². The van der Waals surface area contributed by atoms with E-state index in [1.807, 2.05) is 0 Å². The first kappa shape index (κ1) is 15.9. The highest BCUT2D eigenvalue weighted by Gasteiger charge is 2.30. The maximum Gasteiger partial charge on any atom is 0.416 e. The number of likely N-dealkylation sites (N-methyl/N-ethyl adjacent to an activating group) is 1. The lowest BCUT2D eigenvalue weighted by Crippen LogP contribution is -2.30. The first-order chi connectivity index (χ1) is 10.4. The summed E-state index contributed by atoms with van der Waals surface area (Å²) in [5, 5.41) is 6.23. The molecule has 8 heteroatoms. The van der Waals surface area contributed by atoms with Gasteiger partial charge in [-0.3, -0.25) is 9.89 Å². The highest BCUT2D eigenvalue weighted by atomic mass is 19.4. The zero-order chi connectivity index (χ0) is 16.2. The van der Waals surface area contributed by atoms with Gasteiger partial charge >= 0.3 is 6.18 Å². The van der Waals surface area contributed by atoms with Gasteiger partial charge in [-0.05, 0) is 24.3 Å². The molecular formula is C14H14F3N3O2. The number of hydrogen-bond donors (Lipinski definition) is 1. The van der Waals surface area contributed by atoms with Gasteiger partial charge in [-0.1, -0.05) is 0 Å². The molecule has 0 unspecified atom stereocenters. The summed E-state index contributed by atoms with van der Waals surface area (Å²) in [6.07, 6.45) is -1.47. The number of aromatic nitrogens is 2. The molecular weight excluding hydrogens is 299 g/mol. The zero-order valence-electron chi connectivity index (χ0n) is 11.7. The second-order valence-corrected chi connectivity index (χ2v) is 4.58. The molecule has 0 aliphatic heterocycles. The number of hydrogen-bond acceptors (Lipinski definition) is 3. The number of aromatic amines is 1. The molecule has 0 radical (unpaired) electrons. The maximum absolute atomic E-state index is 12.4. The van der Waals surface area contributed by atoms with Gasteiger partial charge in [-0.15, -0.1) is 0 Å². The molecule has 0 saturated heterocycles. The van der Waals surface area contributed by atoms with Crippen molar-refractivity contribution < 1.29 is 22.7 Å².